The first-order chi connectivity index (χ1) is 7.25. The van der Waals surface area contributed by atoms with Gasteiger partial charge in [0.05, 0.1) is 12.5 Å². The van der Waals surface area contributed by atoms with E-state index in [0.717, 1.165) is 12.8 Å². The second kappa shape index (κ2) is 6.86. The van der Waals surface area contributed by atoms with Gasteiger partial charge in [0.1, 0.15) is 0 Å². The standard InChI is InChI=1S/C13H24O2/c1-3-4-10-15-13(14)11(2)12-8-6-5-7-9-12/h11-12H,3-10H2,1-2H3. The molecule has 0 radical (unpaired) electrons. The Balaban J connectivity index is 2.24. The Hall–Kier alpha value is -0.530. The van der Waals surface area contributed by atoms with Crippen LogP contribution >= 0.6 is 0 Å². The van der Waals surface area contributed by atoms with Crippen molar-refractivity contribution in [2.24, 2.45) is 11.8 Å². The summed E-state index contributed by atoms with van der Waals surface area (Å²) in [6.07, 6.45) is 8.42. The molecule has 0 heterocycles. The van der Waals surface area contributed by atoms with Gasteiger partial charge < -0.3 is 4.74 Å². The molecule has 0 N–H and O–H groups in total. The lowest BCUT2D eigenvalue weighted by atomic mass is 9.81. The number of rotatable bonds is 5. The predicted octanol–water partition coefficient (Wildman–Crippen LogP) is 3.55. The average Bonchev–Trinajstić information content (AvgIpc) is 2.29. The van der Waals surface area contributed by atoms with Gasteiger partial charge in [-0.25, -0.2) is 0 Å². The van der Waals surface area contributed by atoms with Crippen molar-refractivity contribution in [3.8, 4) is 0 Å². The molecule has 0 aliphatic heterocycles. The molecule has 0 amide bonds. The molecule has 2 nitrogen and oxygen atoms in total. The molecule has 0 saturated heterocycles. The van der Waals surface area contributed by atoms with Crippen LogP contribution in [0.3, 0.4) is 0 Å². The van der Waals surface area contributed by atoms with E-state index in [1.807, 2.05) is 6.92 Å². The Labute approximate surface area is 93.4 Å². The summed E-state index contributed by atoms with van der Waals surface area (Å²) >= 11 is 0. The van der Waals surface area contributed by atoms with Crippen LogP contribution in [0.1, 0.15) is 58.8 Å². The third kappa shape index (κ3) is 4.23. The van der Waals surface area contributed by atoms with Crippen LogP contribution in [0.2, 0.25) is 0 Å². The quantitative estimate of drug-likeness (QED) is 0.514. The zero-order valence-corrected chi connectivity index (χ0v) is 10.1. The van der Waals surface area contributed by atoms with Crippen molar-refractivity contribution >= 4 is 5.97 Å². The van der Waals surface area contributed by atoms with Crippen LogP contribution in [0.5, 0.6) is 0 Å². The van der Waals surface area contributed by atoms with Crippen molar-refractivity contribution in [2.75, 3.05) is 6.61 Å². The fraction of sp³-hybridized carbons (Fsp3) is 0.923. The lowest BCUT2D eigenvalue weighted by Gasteiger charge is -2.26. The first-order valence-corrected chi connectivity index (χ1v) is 6.42. The van der Waals surface area contributed by atoms with Gasteiger partial charge >= 0.3 is 5.97 Å². The summed E-state index contributed by atoms with van der Waals surface area (Å²) in [5.41, 5.74) is 0. The first kappa shape index (κ1) is 12.5. The van der Waals surface area contributed by atoms with E-state index in [4.69, 9.17) is 4.74 Å². The fourth-order valence-corrected chi connectivity index (χ4v) is 2.28. The third-order valence-electron chi connectivity index (χ3n) is 3.47. The summed E-state index contributed by atoms with van der Waals surface area (Å²) in [4.78, 5) is 11.7. The van der Waals surface area contributed by atoms with Crippen LogP contribution in [0.4, 0.5) is 0 Å². The molecule has 0 aromatic heterocycles. The summed E-state index contributed by atoms with van der Waals surface area (Å²) in [5, 5.41) is 0. The van der Waals surface area contributed by atoms with Crippen molar-refractivity contribution in [1.82, 2.24) is 0 Å². The monoisotopic (exact) mass is 212 g/mol. The minimum Gasteiger partial charge on any atom is -0.465 e. The molecule has 1 saturated carbocycles. The first-order valence-electron chi connectivity index (χ1n) is 6.42. The Bertz CT molecular complexity index is 183. The van der Waals surface area contributed by atoms with E-state index < -0.39 is 0 Å². The van der Waals surface area contributed by atoms with Crippen LogP contribution in [-0.4, -0.2) is 12.6 Å². The molecule has 1 unspecified atom stereocenters. The molecule has 15 heavy (non-hydrogen) atoms. The van der Waals surface area contributed by atoms with Gasteiger partial charge in [-0.15, -0.1) is 0 Å². The fourth-order valence-electron chi connectivity index (χ4n) is 2.28. The number of unbranched alkanes of at least 4 members (excludes halogenated alkanes) is 1. The molecule has 1 atom stereocenters. The lowest BCUT2D eigenvalue weighted by molar-refractivity contribution is -0.150. The maximum absolute atomic E-state index is 11.7. The highest BCUT2D eigenvalue weighted by Gasteiger charge is 2.26. The molecule has 1 rings (SSSR count). The Morgan fingerprint density at radius 2 is 2.00 bits per heavy atom. The van der Waals surface area contributed by atoms with Gasteiger partial charge in [0, 0.05) is 0 Å². The zero-order chi connectivity index (χ0) is 11.1. The summed E-state index contributed by atoms with van der Waals surface area (Å²) in [6, 6.07) is 0. The van der Waals surface area contributed by atoms with Gasteiger partial charge in [-0.3, -0.25) is 4.79 Å². The van der Waals surface area contributed by atoms with Gasteiger partial charge in [-0.2, -0.15) is 0 Å². The summed E-state index contributed by atoms with van der Waals surface area (Å²) in [7, 11) is 0. The van der Waals surface area contributed by atoms with E-state index in [0.29, 0.717) is 12.5 Å². The van der Waals surface area contributed by atoms with Gasteiger partial charge in [0.25, 0.3) is 0 Å². The number of hydrogen-bond acceptors (Lipinski definition) is 2. The van der Waals surface area contributed by atoms with Crippen LogP contribution in [-0.2, 0) is 9.53 Å². The topological polar surface area (TPSA) is 26.3 Å². The molecular weight excluding hydrogens is 188 g/mol. The molecule has 0 bridgehead atoms. The van der Waals surface area contributed by atoms with E-state index >= 15 is 0 Å². The Morgan fingerprint density at radius 3 is 2.60 bits per heavy atom. The van der Waals surface area contributed by atoms with Crippen molar-refractivity contribution in [1.29, 1.82) is 0 Å². The van der Waals surface area contributed by atoms with E-state index in [9.17, 15) is 4.79 Å². The molecule has 0 aromatic carbocycles. The minimum atomic E-state index is 0.0235. The largest absolute Gasteiger partial charge is 0.465 e. The molecule has 1 aliphatic rings. The smallest absolute Gasteiger partial charge is 0.308 e. The summed E-state index contributed by atoms with van der Waals surface area (Å²) in [5.74, 6) is 0.713. The van der Waals surface area contributed by atoms with Crippen molar-refractivity contribution in [3.05, 3.63) is 0 Å². The number of carbonyl (C=O) groups excluding carboxylic acids is 1. The number of hydrogen-bond donors (Lipinski definition) is 0. The molecule has 0 spiro atoms. The van der Waals surface area contributed by atoms with E-state index in [2.05, 4.69) is 6.92 Å². The number of esters is 1. The predicted molar refractivity (Wildman–Crippen MR) is 61.6 cm³/mol. The van der Waals surface area contributed by atoms with Crippen molar-refractivity contribution in [2.45, 2.75) is 58.8 Å². The second-order valence-electron chi connectivity index (χ2n) is 4.71. The van der Waals surface area contributed by atoms with Gasteiger partial charge in [0.15, 0.2) is 0 Å². The Morgan fingerprint density at radius 1 is 1.33 bits per heavy atom. The SMILES string of the molecule is CCCCOC(=O)C(C)C1CCCCC1. The molecule has 88 valence electrons. The van der Waals surface area contributed by atoms with E-state index in [1.165, 1.54) is 32.1 Å². The van der Waals surface area contributed by atoms with Crippen LogP contribution in [0.15, 0.2) is 0 Å². The van der Waals surface area contributed by atoms with E-state index in [-0.39, 0.29) is 11.9 Å². The van der Waals surface area contributed by atoms with E-state index in [1.54, 1.807) is 0 Å². The van der Waals surface area contributed by atoms with Gasteiger partial charge in [0.2, 0.25) is 0 Å². The maximum atomic E-state index is 11.7. The summed E-state index contributed by atoms with van der Waals surface area (Å²) < 4.78 is 5.26. The summed E-state index contributed by atoms with van der Waals surface area (Å²) in [6.45, 7) is 4.75. The number of carbonyl (C=O) groups is 1. The van der Waals surface area contributed by atoms with Crippen LogP contribution < -0.4 is 0 Å². The van der Waals surface area contributed by atoms with Crippen molar-refractivity contribution in [3.63, 3.8) is 0 Å². The van der Waals surface area contributed by atoms with Crippen LogP contribution in [0.25, 0.3) is 0 Å². The van der Waals surface area contributed by atoms with Crippen LogP contribution in [0, 0.1) is 11.8 Å². The molecule has 1 fully saturated rings. The second-order valence-corrected chi connectivity index (χ2v) is 4.71. The molecule has 2 heteroatoms. The highest BCUT2D eigenvalue weighted by atomic mass is 16.5. The third-order valence-corrected chi connectivity index (χ3v) is 3.47. The molecule has 1 aliphatic carbocycles. The number of ether oxygens (including phenoxy) is 1. The Kier molecular flexibility index (Phi) is 5.74. The highest BCUT2D eigenvalue weighted by Crippen LogP contribution is 2.30. The molecular formula is C13H24O2. The highest BCUT2D eigenvalue weighted by molar-refractivity contribution is 5.72. The normalized spacial score (nSPS) is 19.9. The average molecular weight is 212 g/mol. The van der Waals surface area contributed by atoms with Crippen molar-refractivity contribution < 1.29 is 9.53 Å². The van der Waals surface area contributed by atoms with Gasteiger partial charge in [-0.05, 0) is 25.2 Å². The molecule has 0 aromatic rings. The zero-order valence-electron chi connectivity index (χ0n) is 10.1. The minimum absolute atomic E-state index is 0.0235. The maximum Gasteiger partial charge on any atom is 0.308 e. The van der Waals surface area contributed by atoms with Gasteiger partial charge in [-0.1, -0.05) is 39.5 Å². The lowest BCUT2D eigenvalue weighted by Crippen LogP contribution is -2.25.